The van der Waals surface area contributed by atoms with Crippen LogP contribution < -0.4 is 5.32 Å². The van der Waals surface area contributed by atoms with Gasteiger partial charge in [-0.05, 0) is 31.7 Å². The normalized spacial score (nSPS) is 11.5. The number of hydrogen-bond acceptors (Lipinski definition) is 2. The molecule has 0 aliphatic carbocycles. The third kappa shape index (κ3) is 4.34. The number of aryl methyl sites for hydroxylation is 1. The standard InChI is InChI=1S/C17H33N3/c1-6-11-18-12-15-16(9-4)19-20(17(15)10-5)13-14(7-2)8-3/h14,18H,6-13H2,1-5H3. The Balaban J connectivity index is 2.94. The Morgan fingerprint density at radius 3 is 2.25 bits per heavy atom. The van der Waals surface area contributed by atoms with Gasteiger partial charge in [0.15, 0.2) is 0 Å². The van der Waals surface area contributed by atoms with Crippen molar-refractivity contribution in [3.63, 3.8) is 0 Å². The van der Waals surface area contributed by atoms with E-state index in [0.717, 1.165) is 38.4 Å². The second kappa shape index (κ2) is 9.17. The Labute approximate surface area is 125 Å². The third-order valence-corrected chi connectivity index (χ3v) is 4.23. The van der Waals surface area contributed by atoms with E-state index in [1.165, 1.54) is 36.2 Å². The van der Waals surface area contributed by atoms with E-state index in [0.29, 0.717) is 0 Å². The van der Waals surface area contributed by atoms with Crippen LogP contribution >= 0.6 is 0 Å². The van der Waals surface area contributed by atoms with Gasteiger partial charge in [-0.15, -0.1) is 0 Å². The van der Waals surface area contributed by atoms with Crippen LogP contribution in [0.25, 0.3) is 0 Å². The Hall–Kier alpha value is -0.830. The largest absolute Gasteiger partial charge is 0.313 e. The number of aromatic nitrogens is 2. The van der Waals surface area contributed by atoms with Gasteiger partial charge in [-0.25, -0.2) is 0 Å². The lowest BCUT2D eigenvalue weighted by Gasteiger charge is -2.15. The van der Waals surface area contributed by atoms with Gasteiger partial charge in [-0.1, -0.05) is 47.5 Å². The van der Waals surface area contributed by atoms with E-state index < -0.39 is 0 Å². The average Bonchev–Trinajstić information content (AvgIpc) is 2.81. The Kier molecular flexibility index (Phi) is 7.90. The molecule has 0 unspecified atom stereocenters. The maximum atomic E-state index is 4.89. The van der Waals surface area contributed by atoms with Crippen LogP contribution in [0.5, 0.6) is 0 Å². The average molecular weight is 279 g/mol. The van der Waals surface area contributed by atoms with Crippen molar-refractivity contribution in [2.45, 2.75) is 79.8 Å². The zero-order valence-corrected chi connectivity index (χ0v) is 14.1. The molecule has 1 heterocycles. The monoisotopic (exact) mass is 279 g/mol. The molecule has 20 heavy (non-hydrogen) atoms. The van der Waals surface area contributed by atoms with Crippen molar-refractivity contribution in [1.29, 1.82) is 0 Å². The highest BCUT2D eigenvalue weighted by atomic mass is 15.3. The summed E-state index contributed by atoms with van der Waals surface area (Å²) in [5.74, 6) is 0.751. The van der Waals surface area contributed by atoms with Crippen LogP contribution in [0.15, 0.2) is 0 Å². The zero-order chi connectivity index (χ0) is 15.0. The predicted octanol–water partition coefficient (Wildman–Crippen LogP) is 3.94. The predicted molar refractivity (Wildman–Crippen MR) is 87.1 cm³/mol. The van der Waals surface area contributed by atoms with Crippen molar-refractivity contribution in [2.75, 3.05) is 6.54 Å². The highest BCUT2D eigenvalue weighted by Gasteiger charge is 2.16. The van der Waals surface area contributed by atoms with Crippen LogP contribution in [0.4, 0.5) is 0 Å². The van der Waals surface area contributed by atoms with E-state index in [9.17, 15) is 0 Å². The third-order valence-electron chi connectivity index (χ3n) is 4.23. The fourth-order valence-electron chi connectivity index (χ4n) is 2.81. The van der Waals surface area contributed by atoms with Crippen molar-refractivity contribution in [1.82, 2.24) is 15.1 Å². The summed E-state index contributed by atoms with van der Waals surface area (Å²) in [4.78, 5) is 0. The summed E-state index contributed by atoms with van der Waals surface area (Å²) in [7, 11) is 0. The quantitative estimate of drug-likeness (QED) is 0.657. The van der Waals surface area contributed by atoms with Gasteiger partial charge in [0.2, 0.25) is 0 Å². The first-order valence-corrected chi connectivity index (χ1v) is 8.49. The molecular formula is C17H33N3. The Morgan fingerprint density at radius 1 is 1.05 bits per heavy atom. The van der Waals surface area contributed by atoms with Crippen molar-refractivity contribution >= 4 is 0 Å². The van der Waals surface area contributed by atoms with Crippen molar-refractivity contribution < 1.29 is 0 Å². The first-order valence-electron chi connectivity index (χ1n) is 8.49. The fourth-order valence-corrected chi connectivity index (χ4v) is 2.81. The number of rotatable bonds is 10. The summed E-state index contributed by atoms with van der Waals surface area (Å²) >= 11 is 0. The lowest BCUT2D eigenvalue weighted by atomic mass is 10.0. The van der Waals surface area contributed by atoms with E-state index in [1.54, 1.807) is 0 Å². The summed E-state index contributed by atoms with van der Waals surface area (Å²) in [5.41, 5.74) is 4.18. The minimum Gasteiger partial charge on any atom is -0.313 e. The highest BCUT2D eigenvalue weighted by molar-refractivity contribution is 5.26. The second-order valence-electron chi connectivity index (χ2n) is 5.62. The van der Waals surface area contributed by atoms with Gasteiger partial charge in [-0.3, -0.25) is 4.68 Å². The van der Waals surface area contributed by atoms with Crippen LogP contribution in [-0.4, -0.2) is 16.3 Å². The van der Waals surface area contributed by atoms with E-state index in [2.05, 4.69) is 44.6 Å². The molecule has 1 rings (SSSR count). The number of hydrogen-bond donors (Lipinski definition) is 1. The van der Waals surface area contributed by atoms with Gasteiger partial charge in [0.1, 0.15) is 0 Å². The molecule has 0 aliphatic rings. The highest BCUT2D eigenvalue weighted by Crippen LogP contribution is 2.19. The minimum absolute atomic E-state index is 0.751. The molecule has 0 radical (unpaired) electrons. The lowest BCUT2D eigenvalue weighted by molar-refractivity contribution is 0.387. The molecule has 1 aromatic rings. The summed E-state index contributed by atoms with van der Waals surface area (Å²) in [6, 6.07) is 0. The molecule has 0 spiro atoms. The molecule has 0 atom stereocenters. The maximum Gasteiger partial charge on any atom is 0.0669 e. The van der Waals surface area contributed by atoms with Crippen molar-refractivity contribution in [3.05, 3.63) is 17.0 Å². The van der Waals surface area contributed by atoms with Crippen LogP contribution in [0.3, 0.4) is 0 Å². The van der Waals surface area contributed by atoms with Crippen LogP contribution in [0.2, 0.25) is 0 Å². The van der Waals surface area contributed by atoms with E-state index in [-0.39, 0.29) is 0 Å². The van der Waals surface area contributed by atoms with Gasteiger partial charge >= 0.3 is 0 Å². The minimum atomic E-state index is 0.751. The summed E-state index contributed by atoms with van der Waals surface area (Å²) in [6.07, 6.45) is 5.78. The second-order valence-corrected chi connectivity index (χ2v) is 5.62. The van der Waals surface area contributed by atoms with Gasteiger partial charge in [0.25, 0.3) is 0 Å². The van der Waals surface area contributed by atoms with E-state index in [4.69, 9.17) is 5.10 Å². The Morgan fingerprint density at radius 2 is 1.75 bits per heavy atom. The van der Waals surface area contributed by atoms with Crippen molar-refractivity contribution in [2.24, 2.45) is 5.92 Å². The molecule has 0 saturated carbocycles. The van der Waals surface area contributed by atoms with Crippen LogP contribution in [0, 0.1) is 5.92 Å². The summed E-state index contributed by atoms with van der Waals surface area (Å²) in [6.45, 7) is 14.4. The summed E-state index contributed by atoms with van der Waals surface area (Å²) in [5, 5.41) is 8.43. The molecule has 3 nitrogen and oxygen atoms in total. The van der Waals surface area contributed by atoms with Crippen LogP contribution in [0.1, 0.15) is 70.8 Å². The smallest absolute Gasteiger partial charge is 0.0669 e. The number of nitrogens with one attached hydrogen (secondary N) is 1. The molecule has 0 amide bonds. The van der Waals surface area contributed by atoms with Crippen molar-refractivity contribution in [3.8, 4) is 0 Å². The molecule has 3 heteroatoms. The van der Waals surface area contributed by atoms with Gasteiger partial charge in [-0.2, -0.15) is 5.10 Å². The van der Waals surface area contributed by atoms with E-state index >= 15 is 0 Å². The summed E-state index contributed by atoms with van der Waals surface area (Å²) < 4.78 is 2.29. The fraction of sp³-hybridized carbons (Fsp3) is 0.824. The zero-order valence-electron chi connectivity index (χ0n) is 14.1. The molecule has 116 valence electrons. The molecule has 0 fully saturated rings. The first-order chi connectivity index (χ1) is 9.71. The lowest BCUT2D eigenvalue weighted by Crippen LogP contribution is -2.17. The number of nitrogens with zero attached hydrogens (tertiary/aromatic N) is 2. The first kappa shape index (κ1) is 17.2. The molecule has 0 aromatic carbocycles. The van der Waals surface area contributed by atoms with Gasteiger partial charge in [0.05, 0.1) is 5.69 Å². The Bertz CT molecular complexity index is 378. The molecule has 0 bridgehead atoms. The molecule has 0 aliphatic heterocycles. The molecular weight excluding hydrogens is 246 g/mol. The molecule has 1 N–H and O–H groups in total. The van der Waals surface area contributed by atoms with Crippen LogP contribution in [-0.2, 0) is 25.9 Å². The topological polar surface area (TPSA) is 29.9 Å². The SMILES string of the molecule is CCCNCc1c(CC)nn(CC(CC)CC)c1CC. The molecule has 1 aromatic heterocycles. The molecule has 0 saturated heterocycles. The van der Waals surface area contributed by atoms with Gasteiger partial charge in [0, 0.05) is 24.3 Å². The van der Waals surface area contributed by atoms with Gasteiger partial charge < -0.3 is 5.32 Å². The maximum absolute atomic E-state index is 4.89. The van der Waals surface area contributed by atoms with E-state index in [1.807, 2.05) is 0 Å².